The Bertz CT molecular complexity index is 792. The number of para-hydroxylation sites is 1. The van der Waals surface area contributed by atoms with Crippen molar-refractivity contribution in [3.05, 3.63) is 54.1 Å². The van der Waals surface area contributed by atoms with Crippen LogP contribution in [-0.2, 0) is 15.8 Å². The number of methoxy groups -OCH3 is 1. The minimum atomic E-state index is -4.65. The van der Waals surface area contributed by atoms with Crippen molar-refractivity contribution in [1.29, 1.82) is 0 Å². The summed E-state index contributed by atoms with van der Waals surface area (Å²) < 4.78 is 49.0. The molecule has 9 heteroatoms. The quantitative estimate of drug-likeness (QED) is 0.595. The third-order valence-electron chi connectivity index (χ3n) is 3.40. The van der Waals surface area contributed by atoms with Crippen molar-refractivity contribution in [2.75, 3.05) is 25.6 Å². The van der Waals surface area contributed by atoms with Gasteiger partial charge in [-0.2, -0.15) is 13.2 Å². The average Bonchev–Trinajstić information content (AvgIpc) is 2.65. The maximum absolute atomic E-state index is 12.9. The van der Waals surface area contributed by atoms with Gasteiger partial charge in [-0.15, -0.1) is 0 Å². The van der Waals surface area contributed by atoms with Gasteiger partial charge in [-0.3, -0.25) is 9.59 Å². The zero-order chi connectivity index (χ0) is 19.9. The van der Waals surface area contributed by atoms with Crippen LogP contribution in [0, 0.1) is 0 Å². The first-order chi connectivity index (χ1) is 12.8. The zero-order valence-electron chi connectivity index (χ0n) is 14.3. The van der Waals surface area contributed by atoms with Crippen LogP contribution in [0.4, 0.5) is 18.9 Å². The molecule has 0 heterocycles. The minimum Gasteiger partial charge on any atom is -0.497 e. The highest BCUT2D eigenvalue weighted by molar-refractivity contribution is 6.39. The van der Waals surface area contributed by atoms with Crippen LogP contribution in [0.5, 0.6) is 11.5 Å². The summed E-state index contributed by atoms with van der Waals surface area (Å²) in [6, 6.07) is 11.1. The van der Waals surface area contributed by atoms with Gasteiger partial charge in [0.1, 0.15) is 18.1 Å². The van der Waals surface area contributed by atoms with Crippen LogP contribution < -0.4 is 20.1 Å². The molecule has 2 amide bonds. The summed E-state index contributed by atoms with van der Waals surface area (Å²) in [6.45, 7) is 0.0731. The number of rotatable bonds is 6. The Morgan fingerprint density at radius 2 is 1.59 bits per heavy atom. The van der Waals surface area contributed by atoms with Gasteiger partial charge in [0, 0.05) is 0 Å². The van der Waals surface area contributed by atoms with Gasteiger partial charge in [-0.25, -0.2) is 0 Å². The molecule has 2 rings (SSSR count). The van der Waals surface area contributed by atoms with Gasteiger partial charge in [0.25, 0.3) is 0 Å². The molecule has 0 radical (unpaired) electrons. The molecule has 0 spiro atoms. The molecule has 0 aromatic heterocycles. The van der Waals surface area contributed by atoms with E-state index >= 15 is 0 Å². The maximum atomic E-state index is 12.9. The van der Waals surface area contributed by atoms with Crippen LogP contribution >= 0.6 is 0 Å². The van der Waals surface area contributed by atoms with Gasteiger partial charge >= 0.3 is 18.0 Å². The smallest absolute Gasteiger partial charge is 0.418 e. The molecular formula is C18H17F3N2O4. The van der Waals surface area contributed by atoms with E-state index in [4.69, 9.17) is 9.47 Å². The number of nitrogens with one attached hydrogen (secondary N) is 2. The third kappa shape index (κ3) is 5.91. The molecule has 0 aliphatic rings. The lowest BCUT2D eigenvalue weighted by Gasteiger charge is -2.13. The van der Waals surface area contributed by atoms with E-state index in [-0.39, 0.29) is 13.2 Å². The SMILES string of the molecule is COc1ccc(OCCNC(=O)C(=O)Nc2ccccc2C(F)(F)F)cc1. The summed E-state index contributed by atoms with van der Waals surface area (Å²) in [4.78, 5) is 23.5. The van der Waals surface area contributed by atoms with E-state index in [1.807, 2.05) is 5.32 Å². The molecule has 0 saturated heterocycles. The monoisotopic (exact) mass is 382 g/mol. The second kappa shape index (κ2) is 8.93. The van der Waals surface area contributed by atoms with Crippen LogP contribution in [0.1, 0.15) is 5.56 Å². The fourth-order valence-corrected chi connectivity index (χ4v) is 2.10. The van der Waals surface area contributed by atoms with Crippen LogP contribution in [0.3, 0.4) is 0 Å². The molecule has 2 aromatic rings. The van der Waals surface area contributed by atoms with Crippen LogP contribution in [0.2, 0.25) is 0 Å². The van der Waals surface area contributed by atoms with Crippen LogP contribution in [-0.4, -0.2) is 32.1 Å². The fourth-order valence-electron chi connectivity index (χ4n) is 2.10. The number of amides is 2. The lowest BCUT2D eigenvalue weighted by Crippen LogP contribution is -2.37. The van der Waals surface area contributed by atoms with E-state index in [1.54, 1.807) is 24.3 Å². The predicted octanol–water partition coefficient (Wildman–Crippen LogP) is 2.85. The molecule has 0 atom stereocenters. The van der Waals surface area contributed by atoms with Crippen molar-refractivity contribution in [3.63, 3.8) is 0 Å². The lowest BCUT2D eigenvalue weighted by molar-refractivity contribution is -0.138. The van der Waals surface area contributed by atoms with Gasteiger partial charge in [0.15, 0.2) is 0 Å². The molecule has 0 aliphatic heterocycles. The van der Waals surface area contributed by atoms with Crippen molar-refractivity contribution >= 4 is 17.5 Å². The number of carbonyl (C=O) groups excluding carboxylic acids is 2. The highest BCUT2D eigenvalue weighted by Gasteiger charge is 2.33. The van der Waals surface area contributed by atoms with Crippen molar-refractivity contribution in [3.8, 4) is 11.5 Å². The number of halogens is 3. The number of ether oxygens (including phenoxy) is 2. The summed E-state index contributed by atoms with van der Waals surface area (Å²) in [7, 11) is 1.53. The Morgan fingerprint density at radius 1 is 0.963 bits per heavy atom. The molecule has 0 saturated carbocycles. The van der Waals surface area contributed by atoms with Crippen molar-refractivity contribution in [1.82, 2.24) is 5.32 Å². The van der Waals surface area contributed by atoms with Gasteiger partial charge in [0.05, 0.1) is 24.9 Å². The minimum absolute atomic E-state index is 0.000793. The Morgan fingerprint density at radius 3 is 2.22 bits per heavy atom. The van der Waals surface area contributed by atoms with E-state index in [1.165, 1.54) is 19.2 Å². The lowest BCUT2D eigenvalue weighted by atomic mass is 10.1. The Labute approximate surface area is 153 Å². The van der Waals surface area contributed by atoms with Crippen molar-refractivity contribution in [2.45, 2.75) is 6.18 Å². The standard InChI is InChI=1S/C18H17F3N2O4/c1-26-12-6-8-13(9-7-12)27-11-10-22-16(24)17(25)23-15-5-3-2-4-14(15)18(19,20)21/h2-9H,10-11H2,1H3,(H,22,24)(H,23,25). The molecule has 144 valence electrons. The predicted molar refractivity (Wildman–Crippen MR) is 91.6 cm³/mol. The third-order valence-corrected chi connectivity index (χ3v) is 3.40. The molecule has 0 unspecified atom stereocenters. The average molecular weight is 382 g/mol. The Hall–Kier alpha value is -3.23. The normalized spacial score (nSPS) is 10.8. The molecule has 6 nitrogen and oxygen atoms in total. The highest BCUT2D eigenvalue weighted by atomic mass is 19.4. The Balaban J connectivity index is 1.81. The molecular weight excluding hydrogens is 365 g/mol. The largest absolute Gasteiger partial charge is 0.497 e. The first-order valence-electron chi connectivity index (χ1n) is 7.83. The van der Waals surface area contributed by atoms with Crippen molar-refractivity contribution < 1.29 is 32.2 Å². The maximum Gasteiger partial charge on any atom is 0.418 e. The van der Waals surface area contributed by atoms with E-state index < -0.39 is 29.2 Å². The molecule has 2 N–H and O–H groups in total. The number of carbonyl (C=O) groups is 2. The molecule has 0 aliphatic carbocycles. The van der Waals surface area contributed by atoms with Gasteiger partial charge in [0.2, 0.25) is 0 Å². The number of hydrogen-bond donors (Lipinski definition) is 2. The van der Waals surface area contributed by atoms with E-state index in [9.17, 15) is 22.8 Å². The van der Waals surface area contributed by atoms with Gasteiger partial charge in [-0.1, -0.05) is 12.1 Å². The fraction of sp³-hybridized carbons (Fsp3) is 0.222. The second-order valence-electron chi connectivity index (χ2n) is 5.28. The molecule has 27 heavy (non-hydrogen) atoms. The first-order valence-corrected chi connectivity index (χ1v) is 7.83. The number of alkyl halides is 3. The summed E-state index contributed by atoms with van der Waals surface area (Å²) in [5.74, 6) is -1.07. The molecule has 0 bridgehead atoms. The number of hydrogen-bond acceptors (Lipinski definition) is 4. The van der Waals surface area contributed by atoms with E-state index in [0.717, 1.165) is 12.1 Å². The van der Waals surface area contributed by atoms with Crippen LogP contribution in [0.25, 0.3) is 0 Å². The van der Waals surface area contributed by atoms with E-state index in [0.29, 0.717) is 11.5 Å². The summed E-state index contributed by atoms with van der Waals surface area (Å²) in [5, 5.41) is 4.23. The second-order valence-corrected chi connectivity index (χ2v) is 5.28. The molecule has 2 aromatic carbocycles. The molecule has 0 fully saturated rings. The summed E-state index contributed by atoms with van der Waals surface area (Å²) in [6.07, 6.45) is -4.65. The van der Waals surface area contributed by atoms with E-state index in [2.05, 4.69) is 5.32 Å². The van der Waals surface area contributed by atoms with Gasteiger partial charge < -0.3 is 20.1 Å². The Kier molecular flexibility index (Phi) is 6.64. The zero-order valence-corrected chi connectivity index (χ0v) is 14.3. The van der Waals surface area contributed by atoms with Gasteiger partial charge in [-0.05, 0) is 36.4 Å². The van der Waals surface area contributed by atoms with Crippen molar-refractivity contribution in [2.24, 2.45) is 0 Å². The number of anilines is 1. The number of benzene rings is 2. The van der Waals surface area contributed by atoms with Crippen LogP contribution in [0.15, 0.2) is 48.5 Å². The highest BCUT2D eigenvalue weighted by Crippen LogP contribution is 2.34. The first kappa shape index (κ1) is 20.1. The summed E-state index contributed by atoms with van der Waals surface area (Å²) in [5.41, 5.74) is -1.52. The summed E-state index contributed by atoms with van der Waals surface area (Å²) >= 11 is 0. The topological polar surface area (TPSA) is 76.7 Å².